The number of aliphatic hydroxyl groups is 2. The number of carbonyl (C=O) groups is 1. The van der Waals surface area contributed by atoms with Crippen LogP contribution in [0, 0.1) is 0 Å². The number of rotatable bonds is 28. The molecule has 0 saturated heterocycles. The van der Waals surface area contributed by atoms with Crippen LogP contribution in [-0.2, 0) is 63.2 Å². The third-order valence-electron chi connectivity index (χ3n) is 18.3. The van der Waals surface area contributed by atoms with Gasteiger partial charge in [0.2, 0.25) is 0 Å². The van der Waals surface area contributed by atoms with Gasteiger partial charge in [0, 0.05) is 120 Å². The molecule has 41 heteroatoms. The van der Waals surface area contributed by atoms with Crippen LogP contribution in [-0.4, -0.2) is 95.6 Å². The van der Waals surface area contributed by atoms with Crippen LogP contribution in [0.4, 0.5) is 39.5 Å². The van der Waals surface area contributed by atoms with Crippen LogP contribution >= 0.6 is 68.8 Å². The molecule has 0 saturated carbocycles. The number of ether oxygens (including phenoxy) is 7. The van der Waals surface area contributed by atoms with Gasteiger partial charge in [-0.15, -0.1) is 39.5 Å². The fraction of sp³-hybridized carbons (Fsp3) is 0.321. The Labute approximate surface area is 730 Å². The van der Waals surface area contributed by atoms with E-state index in [4.69, 9.17) is 53.8 Å². The van der Waals surface area contributed by atoms with Crippen molar-refractivity contribution in [2.45, 2.75) is 136 Å². The summed E-state index contributed by atoms with van der Waals surface area (Å²) in [6.45, 7) is 10.2. The Balaban J connectivity index is 0.000000269. The number of halogens is 12. The standard InChI is InChI=1S/C26H22ClF3N2O6S.C25H22ClF3N2O5S.C24H20ClF3N2O5S.C6H16Si.Li.2H2O/c1-15(33)36-12-4-11-32-22(34)21-20(13-16-7-9-17(27)10-8-16)24(39-23(21)31(2)25(32)35)37-18-5-3-6-19(14-18)38-26(28,29)30;1-3-4-12-31-21(33)19-18(20(32)14-8-10-15(26)11-9-14)23(37-22(19)30(2)24(31)34)35-16-6-5-7-17(13-16)36-25(27,28)29;1-29-21-19(20(32)30(23(29)33)10-3-11-31)18(12-14-6-8-15(25)9-7-14)22(36-21)34-16-4-2-5-17(13-16)35-24(26,27)28;1-4-7(5-2)6-3;;;/h3,5-10,14H,4,11-13H2,1-2H3;5-11,13,20,32H,3-4,12H2,1-2H3;2,4-9,13,31H,3,10-12H2,1H3;7H,4-6H2,1-3H3;;2*1H2/q;;;;+1;;/p-1. The Morgan fingerprint density at radius 2 is 0.795 bits per heavy atom. The van der Waals surface area contributed by atoms with Crippen LogP contribution in [0.3, 0.4) is 0 Å². The van der Waals surface area contributed by atoms with E-state index in [-0.39, 0.29) is 156 Å². The number of esters is 1. The molecular weight excluding hydrogens is 1750 g/mol. The van der Waals surface area contributed by atoms with Gasteiger partial charge in [0.15, 0.2) is 15.2 Å². The van der Waals surface area contributed by atoms with E-state index in [0.29, 0.717) is 47.8 Å². The maximum absolute atomic E-state index is 13.6. The van der Waals surface area contributed by atoms with Gasteiger partial charge in [-0.3, -0.25) is 46.6 Å². The number of nitrogens with zero attached hydrogens (tertiary/aromatic N) is 6. The Morgan fingerprint density at radius 1 is 0.475 bits per heavy atom. The topological polar surface area (TPSA) is 316 Å². The fourth-order valence-corrected chi connectivity index (χ4v) is 17.8. The number of alkyl halides is 9. The summed E-state index contributed by atoms with van der Waals surface area (Å²) in [5.74, 6) is -1.81. The fourth-order valence-electron chi connectivity index (χ4n) is 12.3. The van der Waals surface area contributed by atoms with Crippen molar-refractivity contribution in [3.8, 4) is 49.7 Å². The van der Waals surface area contributed by atoms with Gasteiger partial charge in [-0.1, -0.05) is 176 Å². The van der Waals surface area contributed by atoms with E-state index in [1.165, 1.54) is 96.3 Å². The summed E-state index contributed by atoms with van der Waals surface area (Å²) in [4.78, 5) is 91.3. The van der Waals surface area contributed by atoms with Gasteiger partial charge >= 0.3 is 61.0 Å². The number of hydrogen-bond acceptors (Lipinski definition) is 20. The minimum atomic E-state index is -4.89. The molecule has 6 aromatic heterocycles. The summed E-state index contributed by atoms with van der Waals surface area (Å²) in [7, 11) is 4.36. The second-order valence-corrected chi connectivity index (χ2v) is 35.0. The first-order valence-corrected chi connectivity index (χ1v) is 42.9. The van der Waals surface area contributed by atoms with Gasteiger partial charge < -0.3 is 54.3 Å². The third kappa shape index (κ3) is 26.7. The van der Waals surface area contributed by atoms with Gasteiger partial charge in [0.1, 0.15) is 55.1 Å². The molecule has 0 spiro atoms. The van der Waals surface area contributed by atoms with E-state index in [1.54, 1.807) is 72.8 Å². The maximum atomic E-state index is 13.6. The first-order chi connectivity index (χ1) is 56.3. The number of thiophene rings is 3. The zero-order chi connectivity index (χ0) is 87.0. The summed E-state index contributed by atoms with van der Waals surface area (Å²) in [6, 6.07) is 39.6. The molecule has 24 nitrogen and oxygen atoms in total. The number of aliphatic hydroxyl groups excluding tert-OH is 2. The maximum Gasteiger partial charge on any atom is 1.00 e. The van der Waals surface area contributed by atoms with Crippen LogP contribution in [0.15, 0.2) is 174 Å². The molecule has 12 aromatic rings. The molecule has 1 unspecified atom stereocenters. The van der Waals surface area contributed by atoms with E-state index in [2.05, 4.69) is 35.0 Å². The average Bonchev–Trinajstić information content (AvgIpc) is 1.59. The number of unbranched alkanes of at least 4 members (excludes halogenated alkanes) is 1. The van der Waals surface area contributed by atoms with E-state index in [9.17, 15) is 83.3 Å². The average molecular weight is 1840 g/mol. The minimum absolute atomic E-state index is 0. The Bertz CT molecular complexity index is 5930. The second kappa shape index (κ2) is 45.2. The quantitative estimate of drug-likeness (QED) is 0.0199. The largest absolute Gasteiger partial charge is 1.00 e. The Morgan fingerprint density at radius 3 is 1.13 bits per heavy atom. The molecule has 0 fully saturated rings. The monoisotopic (exact) mass is 1830 g/mol. The predicted octanol–water partition coefficient (Wildman–Crippen LogP) is 15.0. The number of aromatic nitrogens is 6. The van der Waals surface area contributed by atoms with Crippen molar-refractivity contribution in [1.29, 1.82) is 0 Å². The van der Waals surface area contributed by atoms with Crippen LogP contribution in [0.5, 0.6) is 49.7 Å². The molecule has 6 aromatic carbocycles. The van der Waals surface area contributed by atoms with Crippen molar-refractivity contribution < 1.29 is 117 Å². The first-order valence-electron chi connectivity index (χ1n) is 36.9. The molecule has 0 aliphatic rings. The number of fused-ring (bicyclic) bond motifs is 3. The molecule has 0 amide bonds. The minimum Gasteiger partial charge on any atom is -0.870 e. The number of carbonyl (C=O) groups excluding carboxylic acids is 1. The van der Waals surface area contributed by atoms with Crippen molar-refractivity contribution in [2.24, 2.45) is 21.1 Å². The zero-order valence-electron chi connectivity index (χ0n) is 66.9. The van der Waals surface area contributed by atoms with E-state index < -0.39 is 82.2 Å². The molecular formula is C81H83Cl3F9LiN6O18S3Si. The van der Waals surface area contributed by atoms with E-state index in [1.807, 2.05) is 6.92 Å². The third-order valence-corrected chi connectivity index (χ3v) is 26.0. The molecule has 0 radical (unpaired) electrons. The molecule has 5 N–H and O–H groups in total. The first kappa shape index (κ1) is 101. The van der Waals surface area contributed by atoms with Crippen LogP contribution in [0.1, 0.15) is 99.8 Å². The van der Waals surface area contributed by atoms with E-state index >= 15 is 0 Å². The predicted molar refractivity (Wildman–Crippen MR) is 450 cm³/mol. The number of hydrogen-bond donors (Lipinski definition) is 2. The van der Waals surface area contributed by atoms with E-state index in [0.717, 1.165) is 102 Å². The molecule has 0 aliphatic heterocycles. The molecule has 122 heavy (non-hydrogen) atoms. The molecule has 1 atom stereocenters. The van der Waals surface area contributed by atoms with Gasteiger partial charge in [-0.25, -0.2) is 14.4 Å². The van der Waals surface area contributed by atoms with Gasteiger partial charge in [0.25, 0.3) is 16.7 Å². The Hall–Kier alpha value is -9.60. The van der Waals surface area contributed by atoms with Crippen molar-refractivity contribution >= 4 is 114 Å². The van der Waals surface area contributed by atoms with Crippen molar-refractivity contribution in [2.75, 3.05) is 13.2 Å². The molecule has 0 bridgehead atoms. The zero-order valence-corrected chi connectivity index (χ0v) is 72.8. The smallest absolute Gasteiger partial charge is 0.870 e. The van der Waals surface area contributed by atoms with Gasteiger partial charge in [-0.2, -0.15) is 0 Å². The van der Waals surface area contributed by atoms with Gasteiger partial charge in [-0.05, 0) is 109 Å². The van der Waals surface area contributed by atoms with Crippen molar-refractivity contribution in [3.05, 3.63) is 257 Å². The summed E-state index contributed by atoms with van der Waals surface area (Å²) in [5, 5.41) is 23.1. The number of aryl methyl sites for hydroxylation is 3. The molecule has 0 aliphatic carbocycles. The normalized spacial score (nSPS) is 11.6. The van der Waals surface area contributed by atoms with Crippen molar-refractivity contribution in [3.63, 3.8) is 0 Å². The van der Waals surface area contributed by atoms with Crippen LogP contribution < -0.4 is 81.0 Å². The van der Waals surface area contributed by atoms with Crippen LogP contribution in [0.25, 0.3) is 30.6 Å². The summed E-state index contributed by atoms with van der Waals surface area (Å²) < 4.78 is 156. The summed E-state index contributed by atoms with van der Waals surface area (Å²) in [5.41, 5.74) is -0.318. The summed E-state index contributed by atoms with van der Waals surface area (Å²) >= 11 is 21.0. The molecule has 652 valence electrons. The SMILES string of the molecule is CC(=O)OCCCn1c(=O)c2c(Cc3ccc(Cl)cc3)c(Oc3cccc(OC(F)(F)F)c3)sc2n(C)c1=O.CCCCn1c(=O)c2c(C(O)c3ccc(Cl)cc3)c(Oc3cccc(OC(F)(F)F)c3)sc2n(C)c1=O.CC[SiH](CC)CC.Cn1c(=O)n(CCCO)c(=O)c2c(Cc3ccc(Cl)cc3)c(Oc3cccc(OC(F)(F)F)c3)sc21.O.[Li+].[OH-]. The second-order valence-electron chi connectivity index (χ2n) is 26.6. The molecule has 12 rings (SSSR count). The van der Waals surface area contributed by atoms with Crippen LogP contribution in [0.2, 0.25) is 33.2 Å². The molecule has 6 heterocycles. The Kier molecular flexibility index (Phi) is 37.5. The van der Waals surface area contributed by atoms with Crippen molar-refractivity contribution in [1.82, 2.24) is 27.4 Å². The van der Waals surface area contributed by atoms with Gasteiger partial charge in [0.05, 0.1) is 28.3 Å². The number of benzene rings is 6. The summed E-state index contributed by atoms with van der Waals surface area (Å²) in [6.07, 6.45) is -13.8.